The Morgan fingerprint density at radius 1 is 1.09 bits per heavy atom. The molecule has 34 heavy (non-hydrogen) atoms. The predicted molar refractivity (Wildman–Crippen MR) is 131 cm³/mol. The van der Waals surface area contributed by atoms with Crippen LogP contribution in [0.2, 0.25) is 5.02 Å². The van der Waals surface area contributed by atoms with Crippen LogP contribution < -0.4 is 15.0 Å². The third-order valence-electron chi connectivity index (χ3n) is 6.07. The number of benzene rings is 3. The summed E-state index contributed by atoms with van der Waals surface area (Å²) >= 11 is 6.56. The zero-order chi connectivity index (χ0) is 23.8. The first kappa shape index (κ1) is 22.3. The molecule has 2 aliphatic rings. The van der Waals surface area contributed by atoms with Gasteiger partial charge in [-0.25, -0.2) is 4.39 Å². The number of nitrogens with zero attached hydrogens (tertiary/aromatic N) is 1. The fourth-order valence-corrected chi connectivity index (χ4v) is 4.55. The SMILES string of the molecule is COc1ccc(/C(O)=C2/C(=O)Nc3cc(Cl)c(-c4ccc(N5CCOCC5)cc4)cc32)cc1F. The molecule has 1 fully saturated rings. The number of nitrogens with one attached hydrogen (secondary N) is 1. The van der Waals surface area contributed by atoms with Crippen LogP contribution in [-0.2, 0) is 9.53 Å². The molecule has 2 aliphatic heterocycles. The van der Waals surface area contributed by atoms with Crippen LogP contribution in [0.1, 0.15) is 11.1 Å². The molecule has 2 heterocycles. The molecule has 0 radical (unpaired) electrons. The number of carbonyl (C=O) groups excluding carboxylic acids is 1. The normalized spacial score (nSPS) is 16.8. The quantitative estimate of drug-likeness (QED) is 0.388. The number of halogens is 2. The Kier molecular flexibility index (Phi) is 5.89. The van der Waals surface area contributed by atoms with Gasteiger partial charge < -0.3 is 24.8 Å². The molecule has 1 amide bonds. The van der Waals surface area contributed by atoms with Gasteiger partial charge in [0.2, 0.25) is 0 Å². The number of fused-ring (bicyclic) bond motifs is 1. The van der Waals surface area contributed by atoms with Gasteiger partial charge in [0.1, 0.15) is 5.76 Å². The van der Waals surface area contributed by atoms with Crippen LogP contribution in [0.15, 0.2) is 54.6 Å². The highest BCUT2D eigenvalue weighted by molar-refractivity contribution is 6.38. The van der Waals surface area contributed by atoms with Crippen molar-refractivity contribution in [2.75, 3.05) is 43.6 Å². The molecule has 0 atom stereocenters. The van der Waals surface area contributed by atoms with E-state index in [0.29, 0.717) is 29.5 Å². The highest BCUT2D eigenvalue weighted by Gasteiger charge is 2.30. The van der Waals surface area contributed by atoms with E-state index in [-0.39, 0.29) is 22.6 Å². The summed E-state index contributed by atoms with van der Waals surface area (Å²) in [7, 11) is 1.36. The van der Waals surface area contributed by atoms with Crippen LogP contribution in [0.3, 0.4) is 0 Å². The third kappa shape index (κ3) is 3.97. The highest BCUT2D eigenvalue weighted by Crippen LogP contribution is 2.42. The number of morpholine rings is 1. The van der Waals surface area contributed by atoms with E-state index >= 15 is 0 Å². The van der Waals surface area contributed by atoms with Crippen molar-refractivity contribution in [2.45, 2.75) is 0 Å². The van der Waals surface area contributed by atoms with E-state index in [1.165, 1.54) is 19.2 Å². The standard InChI is InChI=1S/C26H22ClFN2O4/c1-33-23-7-4-16(12-21(23)28)25(31)24-19-13-18(20(27)14-22(19)29-26(24)32)15-2-5-17(6-3-15)30-8-10-34-11-9-30/h2-7,12-14,31H,8-11H2,1H3,(H,29,32)/b25-24-. The zero-order valence-electron chi connectivity index (χ0n) is 18.4. The second-order valence-corrected chi connectivity index (χ2v) is 8.46. The fourth-order valence-electron chi connectivity index (χ4n) is 4.28. The van der Waals surface area contributed by atoms with Crippen molar-refractivity contribution < 1.29 is 23.8 Å². The molecule has 3 aromatic carbocycles. The molecule has 1 saturated heterocycles. The lowest BCUT2D eigenvalue weighted by atomic mass is 9.97. The monoisotopic (exact) mass is 480 g/mol. The maximum Gasteiger partial charge on any atom is 0.260 e. The highest BCUT2D eigenvalue weighted by atomic mass is 35.5. The van der Waals surface area contributed by atoms with Gasteiger partial charge in [0, 0.05) is 35.5 Å². The van der Waals surface area contributed by atoms with E-state index in [2.05, 4.69) is 10.2 Å². The van der Waals surface area contributed by atoms with Crippen LogP contribution in [0.4, 0.5) is 15.8 Å². The van der Waals surface area contributed by atoms with Crippen molar-refractivity contribution in [1.29, 1.82) is 0 Å². The van der Waals surface area contributed by atoms with Crippen LogP contribution in [0, 0.1) is 5.82 Å². The number of hydrogen-bond acceptors (Lipinski definition) is 5. The minimum atomic E-state index is -0.636. The number of aliphatic hydroxyl groups is 1. The summed E-state index contributed by atoms with van der Waals surface area (Å²) in [5.74, 6) is -1.40. The summed E-state index contributed by atoms with van der Waals surface area (Å²) in [6.07, 6.45) is 0. The van der Waals surface area contributed by atoms with E-state index in [0.717, 1.165) is 36.0 Å². The molecular weight excluding hydrogens is 459 g/mol. The summed E-state index contributed by atoms with van der Waals surface area (Å²) in [5.41, 5.74) is 3.90. The molecule has 0 spiro atoms. The average Bonchev–Trinajstić information content (AvgIpc) is 3.18. The van der Waals surface area contributed by atoms with E-state index in [9.17, 15) is 14.3 Å². The van der Waals surface area contributed by atoms with Gasteiger partial charge in [0.25, 0.3) is 5.91 Å². The number of amides is 1. The van der Waals surface area contributed by atoms with Crippen molar-refractivity contribution in [3.05, 3.63) is 76.6 Å². The molecular formula is C26H22ClFN2O4. The molecule has 5 rings (SSSR count). The summed E-state index contributed by atoms with van der Waals surface area (Å²) in [5, 5.41) is 14.1. The van der Waals surface area contributed by atoms with Crippen LogP contribution in [0.5, 0.6) is 5.75 Å². The number of hydrogen-bond donors (Lipinski definition) is 2. The van der Waals surface area contributed by atoms with Gasteiger partial charge in [-0.05, 0) is 48.0 Å². The van der Waals surface area contributed by atoms with E-state index in [4.69, 9.17) is 21.1 Å². The molecule has 0 bridgehead atoms. The summed E-state index contributed by atoms with van der Waals surface area (Å²) in [6.45, 7) is 3.09. The van der Waals surface area contributed by atoms with Crippen molar-refractivity contribution in [2.24, 2.45) is 0 Å². The Hall–Kier alpha value is -3.55. The molecule has 6 nitrogen and oxygen atoms in total. The lowest BCUT2D eigenvalue weighted by Crippen LogP contribution is -2.36. The first-order chi connectivity index (χ1) is 16.5. The second-order valence-electron chi connectivity index (χ2n) is 8.05. The van der Waals surface area contributed by atoms with Crippen LogP contribution >= 0.6 is 11.6 Å². The molecule has 0 saturated carbocycles. The summed E-state index contributed by atoms with van der Waals surface area (Å²) in [6, 6.07) is 15.5. The Bertz CT molecular complexity index is 1300. The smallest absolute Gasteiger partial charge is 0.260 e. The van der Waals surface area contributed by atoms with Crippen molar-refractivity contribution >= 4 is 40.2 Å². The van der Waals surface area contributed by atoms with E-state index in [1.807, 2.05) is 24.3 Å². The van der Waals surface area contributed by atoms with Gasteiger partial charge in [-0.3, -0.25) is 4.79 Å². The number of anilines is 2. The first-order valence-corrected chi connectivity index (χ1v) is 11.2. The van der Waals surface area contributed by atoms with Gasteiger partial charge in [0.05, 0.1) is 36.6 Å². The van der Waals surface area contributed by atoms with Crippen molar-refractivity contribution in [3.63, 3.8) is 0 Å². The third-order valence-corrected chi connectivity index (χ3v) is 6.38. The van der Waals surface area contributed by atoms with Gasteiger partial charge in [-0.1, -0.05) is 23.7 Å². The Labute approximate surface area is 201 Å². The second kappa shape index (κ2) is 9.00. The van der Waals surface area contributed by atoms with Crippen molar-refractivity contribution in [1.82, 2.24) is 0 Å². The minimum Gasteiger partial charge on any atom is -0.506 e. The molecule has 2 N–H and O–H groups in total. The lowest BCUT2D eigenvalue weighted by Gasteiger charge is -2.29. The topological polar surface area (TPSA) is 71.0 Å². The fraction of sp³-hybridized carbons (Fsp3) is 0.192. The Morgan fingerprint density at radius 2 is 1.82 bits per heavy atom. The summed E-state index contributed by atoms with van der Waals surface area (Å²) < 4.78 is 24.6. The summed E-state index contributed by atoms with van der Waals surface area (Å²) in [4.78, 5) is 15.0. The number of rotatable bonds is 4. The maximum atomic E-state index is 14.2. The van der Waals surface area contributed by atoms with E-state index in [1.54, 1.807) is 12.1 Å². The largest absolute Gasteiger partial charge is 0.506 e. The average molecular weight is 481 g/mol. The van der Waals surface area contributed by atoms with Gasteiger partial charge >= 0.3 is 0 Å². The van der Waals surface area contributed by atoms with Gasteiger partial charge in [0.15, 0.2) is 11.6 Å². The maximum absolute atomic E-state index is 14.2. The number of carbonyl (C=O) groups is 1. The first-order valence-electron chi connectivity index (χ1n) is 10.8. The van der Waals surface area contributed by atoms with Crippen LogP contribution in [-0.4, -0.2) is 44.4 Å². The molecule has 0 aliphatic carbocycles. The molecule has 0 unspecified atom stereocenters. The Balaban J connectivity index is 1.53. The molecule has 0 aromatic heterocycles. The van der Waals surface area contributed by atoms with Crippen LogP contribution in [0.25, 0.3) is 22.5 Å². The molecule has 174 valence electrons. The number of aliphatic hydroxyl groups excluding tert-OH is 1. The number of methoxy groups -OCH3 is 1. The van der Waals surface area contributed by atoms with E-state index < -0.39 is 11.7 Å². The molecule has 3 aromatic rings. The zero-order valence-corrected chi connectivity index (χ0v) is 19.2. The van der Waals surface area contributed by atoms with Gasteiger partial charge in [-0.15, -0.1) is 0 Å². The lowest BCUT2D eigenvalue weighted by molar-refractivity contribution is -0.110. The van der Waals surface area contributed by atoms with Crippen molar-refractivity contribution in [3.8, 4) is 16.9 Å². The van der Waals surface area contributed by atoms with Gasteiger partial charge in [-0.2, -0.15) is 0 Å². The predicted octanol–water partition coefficient (Wildman–Crippen LogP) is 5.37. The molecule has 8 heteroatoms. The Morgan fingerprint density at radius 3 is 2.50 bits per heavy atom. The number of ether oxygens (including phenoxy) is 2. The minimum absolute atomic E-state index is 0.0485.